The minimum atomic E-state index is -0.667. The molecule has 0 radical (unpaired) electrons. The van der Waals surface area contributed by atoms with Crippen LogP contribution in [0.25, 0.3) is 0 Å². The van der Waals surface area contributed by atoms with Crippen molar-refractivity contribution < 1.29 is 23.8 Å². The van der Waals surface area contributed by atoms with E-state index in [9.17, 15) is 9.59 Å². The fourth-order valence-corrected chi connectivity index (χ4v) is 6.22. The highest BCUT2D eigenvalue weighted by atomic mass is 16.6. The molecule has 268 valence electrons. The SMILES string of the molecule is CCCCCCCCCCCCCCCCC(OCC)C(=O)OC(=O)C(CCCCCCCCCCCCCCCC)OCC. The monoisotopic (exact) mass is 639 g/mol. The summed E-state index contributed by atoms with van der Waals surface area (Å²) in [5.41, 5.74) is 0. The number of hydrogen-bond donors (Lipinski definition) is 0. The molecule has 5 heteroatoms. The van der Waals surface area contributed by atoms with Crippen LogP contribution in [0.4, 0.5) is 0 Å². The molecule has 0 saturated heterocycles. The van der Waals surface area contributed by atoms with E-state index < -0.39 is 24.1 Å². The van der Waals surface area contributed by atoms with E-state index in [-0.39, 0.29) is 0 Å². The Bertz CT molecular complexity index is 570. The van der Waals surface area contributed by atoms with Crippen molar-refractivity contribution in [3.05, 3.63) is 0 Å². The Morgan fingerprint density at radius 3 is 0.800 bits per heavy atom. The average molecular weight is 639 g/mol. The lowest BCUT2D eigenvalue weighted by Crippen LogP contribution is -2.34. The molecule has 0 bridgehead atoms. The fourth-order valence-electron chi connectivity index (χ4n) is 6.22. The Kier molecular flexibility index (Phi) is 35.2. The van der Waals surface area contributed by atoms with Crippen molar-refractivity contribution in [1.29, 1.82) is 0 Å². The van der Waals surface area contributed by atoms with Crippen LogP contribution in [-0.4, -0.2) is 37.4 Å². The van der Waals surface area contributed by atoms with Crippen LogP contribution in [0, 0.1) is 0 Å². The molecular weight excluding hydrogens is 560 g/mol. The van der Waals surface area contributed by atoms with Gasteiger partial charge in [0.25, 0.3) is 0 Å². The van der Waals surface area contributed by atoms with Gasteiger partial charge in [-0.3, -0.25) is 0 Å². The van der Waals surface area contributed by atoms with E-state index in [0.29, 0.717) is 26.1 Å². The number of carbonyl (C=O) groups excluding carboxylic acids is 2. The van der Waals surface area contributed by atoms with Crippen molar-refractivity contribution in [1.82, 2.24) is 0 Å². The maximum Gasteiger partial charge on any atom is 0.342 e. The largest absolute Gasteiger partial charge is 0.389 e. The first-order valence-electron chi connectivity index (χ1n) is 20.1. The Morgan fingerprint density at radius 2 is 0.578 bits per heavy atom. The zero-order chi connectivity index (χ0) is 33.1. The van der Waals surface area contributed by atoms with Crippen LogP contribution in [0.5, 0.6) is 0 Å². The summed E-state index contributed by atoms with van der Waals surface area (Å²) < 4.78 is 16.6. The summed E-state index contributed by atoms with van der Waals surface area (Å²) in [5.74, 6) is -1.11. The average Bonchev–Trinajstić information content (AvgIpc) is 3.03. The molecule has 0 aliphatic heterocycles. The first kappa shape index (κ1) is 44.1. The van der Waals surface area contributed by atoms with Gasteiger partial charge in [-0.25, -0.2) is 9.59 Å². The summed E-state index contributed by atoms with van der Waals surface area (Å²) in [5, 5.41) is 0. The maximum absolute atomic E-state index is 12.8. The summed E-state index contributed by atoms with van der Waals surface area (Å²) in [6, 6.07) is 0. The lowest BCUT2D eigenvalue weighted by Gasteiger charge is -2.18. The van der Waals surface area contributed by atoms with Crippen LogP contribution >= 0.6 is 0 Å². The molecular formula is C40H78O5. The maximum atomic E-state index is 12.8. The summed E-state index contributed by atoms with van der Waals surface area (Å²) in [7, 11) is 0. The number of ether oxygens (including phenoxy) is 3. The molecule has 0 heterocycles. The normalized spacial score (nSPS) is 12.8. The molecule has 0 saturated carbocycles. The van der Waals surface area contributed by atoms with Crippen LogP contribution in [0.2, 0.25) is 0 Å². The molecule has 0 aliphatic carbocycles. The molecule has 5 nitrogen and oxygen atoms in total. The van der Waals surface area contributed by atoms with Gasteiger partial charge in [-0.2, -0.15) is 0 Å². The standard InChI is InChI=1S/C40H78O5/c1-5-9-11-13-15-17-19-21-23-25-27-29-31-33-35-37(43-7-3)39(41)45-40(42)38(44-8-4)36-34-32-30-28-26-24-22-20-18-16-14-12-10-6-2/h37-38H,5-36H2,1-4H3. The third kappa shape index (κ3) is 30.2. The molecule has 0 N–H and O–H groups in total. The van der Waals surface area contributed by atoms with Crippen molar-refractivity contribution in [2.45, 2.75) is 233 Å². The molecule has 0 aromatic heterocycles. The zero-order valence-corrected chi connectivity index (χ0v) is 30.8. The van der Waals surface area contributed by atoms with Crippen LogP contribution in [0.3, 0.4) is 0 Å². The number of carbonyl (C=O) groups is 2. The third-order valence-corrected chi connectivity index (χ3v) is 9.10. The third-order valence-electron chi connectivity index (χ3n) is 9.10. The molecule has 0 rings (SSSR count). The van der Waals surface area contributed by atoms with Crippen LogP contribution < -0.4 is 0 Å². The summed E-state index contributed by atoms with van der Waals surface area (Å²) in [6.45, 7) is 9.17. The van der Waals surface area contributed by atoms with E-state index in [1.165, 1.54) is 154 Å². The van der Waals surface area contributed by atoms with Gasteiger partial charge in [0.1, 0.15) is 0 Å². The quantitative estimate of drug-likeness (QED) is 0.0388. The van der Waals surface area contributed by atoms with Crippen LogP contribution in [-0.2, 0) is 23.8 Å². The number of rotatable bonds is 36. The van der Waals surface area contributed by atoms with E-state index in [1.54, 1.807) is 0 Å². The minimum Gasteiger partial charge on any atom is -0.389 e. The molecule has 0 aliphatic rings. The highest BCUT2D eigenvalue weighted by Crippen LogP contribution is 2.17. The van der Waals surface area contributed by atoms with E-state index in [0.717, 1.165) is 25.7 Å². The molecule has 0 amide bonds. The molecule has 2 unspecified atom stereocenters. The second-order valence-corrected chi connectivity index (χ2v) is 13.4. The second kappa shape index (κ2) is 35.9. The summed E-state index contributed by atoms with van der Waals surface area (Å²) in [4.78, 5) is 25.6. The number of unbranched alkanes of at least 4 members (excludes halogenated alkanes) is 26. The van der Waals surface area contributed by atoms with Gasteiger partial charge in [-0.1, -0.05) is 194 Å². The highest BCUT2D eigenvalue weighted by Gasteiger charge is 2.27. The van der Waals surface area contributed by atoms with Crippen LogP contribution in [0.1, 0.15) is 220 Å². The van der Waals surface area contributed by atoms with Gasteiger partial charge < -0.3 is 14.2 Å². The van der Waals surface area contributed by atoms with E-state index in [2.05, 4.69) is 13.8 Å². The van der Waals surface area contributed by atoms with Crippen molar-refractivity contribution >= 4 is 11.9 Å². The van der Waals surface area contributed by atoms with Crippen molar-refractivity contribution in [3.63, 3.8) is 0 Å². The van der Waals surface area contributed by atoms with Gasteiger partial charge >= 0.3 is 11.9 Å². The molecule has 45 heavy (non-hydrogen) atoms. The zero-order valence-electron chi connectivity index (χ0n) is 30.8. The lowest BCUT2D eigenvalue weighted by atomic mass is 10.0. The first-order chi connectivity index (χ1) is 22.1. The van der Waals surface area contributed by atoms with E-state index >= 15 is 0 Å². The molecule has 0 spiro atoms. The Morgan fingerprint density at radius 1 is 0.356 bits per heavy atom. The van der Waals surface area contributed by atoms with Gasteiger partial charge in [0.15, 0.2) is 12.2 Å². The Balaban J connectivity index is 3.99. The molecule has 0 fully saturated rings. The van der Waals surface area contributed by atoms with Gasteiger partial charge in [-0.15, -0.1) is 0 Å². The number of hydrogen-bond acceptors (Lipinski definition) is 5. The van der Waals surface area contributed by atoms with E-state index in [1.807, 2.05) is 13.8 Å². The molecule has 0 aromatic rings. The second-order valence-electron chi connectivity index (χ2n) is 13.4. The van der Waals surface area contributed by atoms with Gasteiger partial charge in [-0.05, 0) is 26.7 Å². The first-order valence-corrected chi connectivity index (χ1v) is 20.1. The van der Waals surface area contributed by atoms with Gasteiger partial charge in [0.05, 0.1) is 0 Å². The summed E-state index contributed by atoms with van der Waals surface area (Å²) >= 11 is 0. The summed E-state index contributed by atoms with van der Waals surface area (Å²) in [6.07, 6.45) is 36.2. The predicted molar refractivity (Wildman–Crippen MR) is 192 cm³/mol. The van der Waals surface area contributed by atoms with Crippen LogP contribution in [0.15, 0.2) is 0 Å². The van der Waals surface area contributed by atoms with E-state index in [4.69, 9.17) is 14.2 Å². The van der Waals surface area contributed by atoms with Gasteiger partial charge in [0.2, 0.25) is 0 Å². The number of esters is 2. The Hall–Kier alpha value is -0.940. The molecule has 2 atom stereocenters. The smallest absolute Gasteiger partial charge is 0.342 e. The van der Waals surface area contributed by atoms with Crippen molar-refractivity contribution in [2.75, 3.05) is 13.2 Å². The minimum absolute atomic E-state index is 0.431. The van der Waals surface area contributed by atoms with Crippen molar-refractivity contribution in [2.24, 2.45) is 0 Å². The topological polar surface area (TPSA) is 61.8 Å². The fraction of sp³-hybridized carbons (Fsp3) is 0.950. The van der Waals surface area contributed by atoms with Crippen molar-refractivity contribution in [3.8, 4) is 0 Å². The highest BCUT2D eigenvalue weighted by molar-refractivity contribution is 5.90. The lowest BCUT2D eigenvalue weighted by molar-refractivity contribution is -0.175. The Labute approximate surface area is 281 Å². The molecule has 0 aromatic carbocycles. The predicted octanol–water partition coefficient (Wildman–Crippen LogP) is 12.6. The van der Waals surface area contributed by atoms with Gasteiger partial charge in [0, 0.05) is 13.2 Å².